The molecule has 0 aliphatic carbocycles. The quantitative estimate of drug-likeness (QED) is 0.435. The molecule has 2 aromatic carbocycles. The summed E-state index contributed by atoms with van der Waals surface area (Å²) >= 11 is 5.94. The van der Waals surface area contributed by atoms with E-state index in [2.05, 4.69) is 10.4 Å². The van der Waals surface area contributed by atoms with E-state index in [0.29, 0.717) is 36.0 Å². The molecule has 5 rings (SSSR count). The Hall–Kier alpha value is -3.84. The third-order valence-electron chi connectivity index (χ3n) is 6.28. The van der Waals surface area contributed by atoms with Crippen molar-refractivity contribution < 1.29 is 9.59 Å². The lowest BCUT2D eigenvalue weighted by molar-refractivity contribution is -0.126. The lowest BCUT2D eigenvalue weighted by Gasteiger charge is -2.32. The van der Waals surface area contributed by atoms with Gasteiger partial charge in [-0.2, -0.15) is 5.10 Å². The van der Waals surface area contributed by atoms with Crippen LogP contribution < -0.4 is 5.32 Å². The number of nitrogens with one attached hydrogen (secondary N) is 1. The molecule has 35 heavy (non-hydrogen) atoms. The molecule has 2 amide bonds. The van der Waals surface area contributed by atoms with Crippen molar-refractivity contribution in [2.75, 3.05) is 13.1 Å². The number of aromatic nitrogens is 3. The topological polar surface area (TPSA) is 72.2 Å². The molecule has 7 nitrogen and oxygen atoms in total. The van der Waals surface area contributed by atoms with Gasteiger partial charge in [-0.1, -0.05) is 41.9 Å². The van der Waals surface area contributed by atoms with Gasteiger partial charge in [-0.3, -0.25) is 9.59 Å². The van der Waals surface area contributed by atoms with Crippen LogP contribution in [0.4, 0.5) is 0 Å². The fraction of sp³-hybridized carbons (Fsp3) is 0.222. The molecule has 1 atom stereocenters. The van der Waals surface area contributed by atoms with Crippen molar-refractivity contribution in [2.24, 2.45) is 5.92 Å². The SMILES string of the molecule is O=C(NCc1ccc(Cl)cc1)C1CCCN(C(=O)c2cnn(-c3ccccc3)c2-n2cccc2)C1. The van der Waals surface area contributed by atoms with E-state index in [1.807, 2.05) is 83.7 Å². The Balaban J connectivity index is 1.33. The number of rotatable bonds is 6. The van der Waals surface area contributed by atoms with E-state index in [1.54, 1.807) is 15.8 Å². The van der Waals surface area contributed by atoms with Crippen molar-refractivity contribution >= 4 is 23.4 Å². The smallest absolute Gasteiger partial charge is 0.259 e. The first-order valence-electron chi connectivity index (χ1n) is 11.7. The number of hydrogen-bond acceptors (Lipinski definition) is 3. The summed E-state index contributed by atoms with van der Waals surface area (Å²) in [6, 6.07) is 21.0. The highest BCUT2D eigenvalue weighted by molar-refractivity contribution is 6.30. The number of hydrogen-bond donors (Lipinski definition) is 1. The van der Waals surface area contributed by atoms with Crippen LogP contribution in [0, 0.1) is 5.92 Å². The van der Waals surface area contributed by atoms with Crippen molar-refractivity contribution in [2.45, 2.75) is 19.4 Å². The number of nitrogens with zero attached hydrogens (tertiary/aromatic N) is 4. The van der Waals surface area contributed by atoms with Crippen LogP contribution in [0.3, 0.4) is 0 Å². The summed E-state index contributed by atoms with van der Waals surface area (Å²) in [7, 11) is 0. The average molecular weight is 488 g/mol. The lowest BCUT2D eigenvalue weighted by atomic mass is 9.96. The summed E-state index contributed by atoms with van der Waals surface area (Å²) in [5.41, 5.74) is 2.36. The Kier molecular flexibility index (Phi) is 6.68. The molecule has 1 N–H and O–H groups in total. The molecule has 1 aliphatic rings. The van der Waals surface area contributed by atoms with Crippen molar-refractivity contribution in [3.05, 3.63) is 101 Å². The first kappa shape index (κ1) is 22.9. The molecule has 3 heterocycles. The first-order valence-corrected chi connectivity index (χ1v) is 12.1. The molecule has 8 heteroatoms. The van der Waals surface area contributed by atoms with Crippen LogP contribution in [-0.2, 0) is 11.3 Å². The summed E-state index contributed by atoms with van der Waals surface area (Å²) < 4.78 is 3.67. The summed E-state index contributed by atoms with van der Waals surface area (Å²) in [6.07, 6.45) is 6.95. The Bertz CT molecular complexity index is 1300. The summed E-state index contributed by atoms with van der Waals surface area (Å²) in [4.78, 5) is 28.3. The summed E-state index contributed by atoms with van der Waals surface area (Å²) in [6.45, 7) is 1.43. The fourth-order valence-electron chi connectivity index (χ4n) is 4.46. The van der Waals surface area contributed by atoms with E-state index in [9.17, 15) is 9.59 Å². The summed E-state index contributed by atoms with van der Waals surface area (Å²) in [5, 5.41) is 8.21. The van der Waals surface area contributed by atoms with Crippen molar-refractivity contribution in [3.8, 4) is 11.5 Å². The second kappa shape index (κ2) is 10.2. The minimum absolute atomic E-state index is 0.0388. The van der Waals surface area contributed by atoms with Crippen LogP contribution in [0.25, 0.3) is 11.5 Å². The second-order valence-corrected chi connectivity index (χ2v) is 9.09. The van der Waals surface area contributed by atoms with Crippen LogP contribution in [0.2, 0.25) is 5.02 Å². The van der Waals surface area contributed by atoms with Crippen LogP contribution in [0.5, 0.6) is 0 Å². The van der Waals surface area contributed by atoms with Gasteiger partial charge in [0, 0.05) is 37.1 Å². The van der Waals surface area contributed by atoms with E-state index >= 15 is 0 Å². The number of likely N-dealkylation sites (tertiary alicyclic amines) is 1. The minimum Gasteiger partial charge on any atom is -0.352 e. The van der Waals surface area contributed by atoms with Crippen LogP contribution in [-0.4, -0.2) is 44.2 Å². The molecule has 0 bridgehead atoms. The predicted octanol–water partition coefficient (Wildman–Crippen LogP) is 4.49. The predicted molar refractivity (Wildman–Crippen MR) is 135 cm³/mol. The first-order chi connectivity index (χ1) is 17.1. The minimum atomic E-state index is -0.251. The van der Waals surface area contributed by atoms with Crippen molar-refractivity contribution in [1.82, 2.24) is 24.6 Å². The third kappa shape index (κ3) is 5.00. The van der Waals surface area contributed by atoms with Gasteiger partial charge in [0.05, 0.1) is 17.8 Å². The number of halogens is 1. The zero-order chi connectivity index (χ0) is 24.2. The molecule has 1 saturated heterocycles. The standard InChI is InChI=1S/C27H26ClN5O2/c28-22-12-10-20(11-13-22)17-29-25(34)21-7-6-16-32(19-21)27(35)24-18-30-33(23-8-2-1-3-9-23)26(24)31-14-4-5-15-31/h1-5,8-15,18,21H,6-7,16-17,19H2,(H,29,34). The van der Waals surface area contributed by atoms with Gasteiger partial charge in [-0.25, -0.2) is 4.68 Å². The van der Waals surface area contributed by atoms with E-state index in [4.69, 9.17) is 11.6 Å². The van der Waals surface area contributed by atoms with Gasteiger partial charge < -0.3 is 14.8 Å². The highest BCUT2D eigenvalue weighted by atomic mass is 35.5. The molecule has 1 fully saturated rings. The zero-order valence-corrected chi connectivity index (χ0v) is 19.9. The molecule has 0 radical (unpaired) electrons. The number of carbonyl (C=O) groups excluding carboxylic acids is 2. The number of para-hydroxylation sites is 1. The molecule has 1 aliphatic heterocycles. The fourth-order valence-corrected chi connectivity index (χ4v) is 4.58. The van der Waals surface area contributed by atoms with Gasteiger partial charge in [0.2, 0.25) is 5.91 Å². The van der Waals surface area contributed by atoms with Crippen LogP contribution in [0.1, 0.15) is 28.8 Å². The Morgan fingerprint density at radius 3 is 2.49 bits per heavy atom. The van der Waals surface area contributed by atoms with Gasteiger partial charge in [-0.15, -0.1) is 0 Å². The number of carbonyl (C=O) groups is 2. The van der Waals surface area contributed by atoms with Crippen molar-refractivity contribution in [1.29, 1.82) is 0 Å². The van der Waals surface area contributed by atoms with E-state index in [1.165, 1.54) is 0 Å². The maximum Gasteiger partial charge on any atom is 0.259 e. The molecule has 1 unspecified atom stereocenters. The van der Waals surface area contributed by atoms with E-state index in [0.717, 1.165) is 24.1 Å². The van der Waals surface area contributed by atoms with E-state index < -0.39 is 0 Å². The van der Waals surface area contributed by atoms with Crippen molar-refractivity contribution in [3.63, 3.8) is 0 Å². The molecule has 178 valence electrons. The van der Waals surface area contributed by atoms with Gasteiger partial charge in [0.1, 0.15) is 5.56 Å². The lowest BCUT2D eigenvalue weighted by Crippen LogP contribution is -2.45. The second-order valence-electron chi connectivity index (χ2n) is 8.65. The largest absolute Gasteiger partial charge is 0.352 e. The monoisotopic (exact) mass is 487 g/mol. The van der Waals surface area contributed by atoms with Gasteiger partial charge in [0.15, 0.2) is 5.82 Å². The van der Waals surface area contributed by atoms with Crippen LogP contribution >= 0.6 is 11.6 Å². The average Bonchev–Trinajstić information content (AvgIpc) is 3.58. The number of piperidine rings is 1. The maximum absolute atomic E-state index is 13.7. The van der Waals surface area contributed by atoms with Gasteiger partial charge in [-0.05, 0) is 54.8 Å². The number of benzene rings is 2. The molecule has 4 aromatic rings. The Morgan fingerprint density at radius 2 is 1.74 bits per heavy atom. The highest BCUT2D eigenvalue weighted by Crippen LogP contribution is 2.24. The highest BCUT2D eigenvalue weighted by Gasteiger charge is 2.31. The molecule has 0 spiro atoms. The van der Waals surface area contributed by atoms with E-state index in [-0.39, 0.29) is 17.7 Å². The van der Waals surface area contributed by atoms with Crippen LogP contribution in [0.15, 0.2) is 85.3 Å². The summed E-state index contributed by atoms with van der Waals surface area (Å²) in [5.74, 6) is 0.272. The Morgan fingerprint density at radius 1 is 1.00 bits per heavy atom. The zero-order valence-electron chi connectivity index (χ0n) is 19.2. The maximum atomic E-state index is 13.7. The van der Waals surface area contributed by atoms with Gasteiger partial charge in [0.25, 0.3) is 5.91 Å². The molecule has 0 saturated carbocycles. The molecule has 2 aromatic heterocycles. The third-order valence-corrected chi connectivity index (χ3v) is 6.54. The Labute approximate surface area is 208 Å². The normalized spacial score (nSPS) is 15.7. The van der Waals surface area contributed by atoms with Gasteiger partial charge >= 0.3 is 0 Å². The number of amides is 2. The molecular weight excluding hydrogens is 462 g/mol. The molecular formula is C27H26ClN5O2.